The predicted molar refractivity (Wildman–Crippen MR) is 83.1 cm³/mol. The van der Waals surface area contributed by atoms with Crippen LogP contribution in [0.4, 0.5) is 0 Å². The number of esters is 2. The molecule has 0 amide bonds. The molecule has 114 valence electrons. The zero-order chi connectivity index (χ0) is 15.9. The first kappa shape index (κ1) is 16.0. The lowest BCUT2D eigenvalue weighted by atomic mass is 10.2. The van der Waals surface area contributed by atoms with Crippen molar-refractivity contribution in [3.05, 3.63) is 58.6 Å². The minimum atomic E-state index is -0.536. The van der Waals surface area contributed by atoms with Crippen molar-refractivity contribution in [1.29, 1.82) is 0 Å². The minimum absolute atomic E-state index is 0.213. The molecule has 5 nitrogen and oxygen atoms in total. The molecule has 0 radical (unpaired) electrons. The van der Waals surface area contributed by atoms with Gasteiger partial charge in [0.05, 0.1) is 12.7 Å². The maximum Gasteiger partial charge on any atom is 0.349 e. The van der Waals surface area contributed by atoms with Gasteiger partial charge in [0, 0.05) is 4.47 Å². The number of methoxy groups -OCH3 is 1. The molecular formula is C16H13BrO5. The number of carbonyl (C=O) groups excluding carboxylic acids is 2. The number of rotatable bonds is 5. The Kier molecular flexibility index (Phi) is 5.55. The molecule has 0 aliphatic rings. The molecule has 0 bridgehead atoms. The third kappa shape index (κ3) is 4.60. The molecule has 0 aromatic heterocycles. The van der Waals surface area contributed by atoms with Gasteiger partial charge in [-0.2, -0.15) is 0 Å². The molecular weight excluding hydrogens is 352 g/mol. The van der Waals surface area contributed by atoms with Crippen LogP contribution < -0.4 is 9.47 Å². The second-order valence-corrected chi connectivity index (χ2v) is 5.15. The second-order valence-electron chi connectivity index (χ2n) is 4.24. The highest BCUT2D eigenvalue weighted by atomic mass is 79.9. The summed E-state index contributed by atoms with van der Waals surface area (Å²) in [5.41, 5.74) is 0.382. The van der Waals surface area contributed by atoms with Crippen LogP contribution in [0.2, 0.25) is 0 Å². The smallest absolute Gasteiger partial charge is 0.349 e. The maximum atomic E-state index is 11.7. The van der Waals surface area contributed by atoms with E-state index in [-0.39, 0.29) is 6.61 Å². The van der Waals surface area contributed by atoms with Gasteiger partial charge in [-0.15, -0.1) is 0 Å². The second kappa shape index (κ2) is 7.61. The third-order valence-corrected chi connectivity index (χ3v) is 3.15. The van der Waals surface area contributed by atoms with Crippen molar-refractivity contribution in [1.82, 2.24) is 0 Å². The molecule has 0 N–H and O–H groups in total. The Morgan fingerprint density at radius 2 is 1.77 bits per heavy atom. The SMILES string of the molecule is COC(=O)c1ccc(OC(=O)COc2cccc(Br)c2)cc1. The molecule has 2 aromatic carbocycles. The van der Waals surface area contributed by atoms with Crippen molar-refractivity contribution in [3.8, 4) is 11.5 Å². The van der Waals surface area contributed by atoms with E-state index >= 15 is 0 Å². The van der Waals surface area contributed by atoms with E-state index in [9.17, 15) is 9.59 Å². The number of carbonyl (C=O) groups is 2. The molecule has 0 aliphatic heterocycles. The summed E-state index contributed by atoms with van der Waals surface area (Å²) in [6.07, 6.45) is 0. The molecule has 6 heteroatoms. The van der Waals surface area contributed by atoms with E-state index in [2.05, 4.69) is 20.7 Å². The Balaban J connectivity index is 1.88. The summed E-state index contributed by atoms with van der Waals surface area (Å²) in [5.74, 6) is -0.0930. The molecule has 0 heterocycles. The first-order chi connectivity index (χ1) is 10.6. The first-order valence-electron chi connectivity index (χ1n) is 6.36. The van der Waals surface area contributed by atoms with Gasteiger partial charge >= 0.3 is 11.9 Å². The van der Waals surface area contributed by atoms with Crippen molar-refractivity contribution in [2.45, 2.75) is 0 Å². The van der Waals surface area contributed by atoms with Gasteiger partial charge < -0.3 is 14.2 Å². The lowest BCUT2D eigenvalue weighted by molar-refractivity contribution is -0.136. The van der Waals surface area contributed by atoms with Crippen molar-refractivity contribution in [2.75, 3.05) is 13.7 Å². The van der Waals surface area contributed by atoms with Crippen molar-refractivity contribution in [2.24, 2.45) is 0 Å². The van der Waals surface area contributed by atoms with Gasteiger partial charge in [0.15, 0.2) is 6.61 Å². The van der Waals surface area contributed by atoms with Gasteiger partial charge in [-0.05, 0) is 42.5 Å². The fourth-order valence-corrected chi connectivity index (χ4v) is 2.02. The van der Waals surface area contributed by atoms with Crippen LogP contribution in [0.5, 0.6) is 11.5 Å². The molecule has 2 rings (SSSR count). The van der Waals surface area contributed by atoms with E-state index in [4.69, 9.17) is 9.47 Å². The summed E-state index contributed by atoms with van der Waals surface area (Å²) in [7, 11) is 1.30. The lowest BCUT2D eigenvalue weighted by Crippen LogP contribution is -2.17. The van der Waals surface area contributed by atoms with Crippen LogP contribution in [-0.2, 0) is 9.53 Å². The van der Waals surface area contributed by atoms with E-state index in [1.54, 1.807) is 18.2 Å². The molecule has 0 unspecified atom stereocenters. The Morgan fingerprint density at radius 1 is 1.05 bits per heavy atom. The molecule has 2 aromatic rings. The number of ether oxygens (including phenoxy) is 3. The lowest BCUT2D eigenvalue weighted by Gasteiger charge is -2.07. The van der Waals surface area contributed by atoms with Gasteiger partial charge in [0.1, 0.15) is 11.5 Å². The van der Waals surface area contributed by atoms with Crippen LogP contribution in [0.3, 0.4) is 0 Å². The van der Waals surface area contributed by atoms with Gasteiger partial charge in [0.25, 0.3) is 0 Å². The summed E-state index contributed by atoms with van der Waals surface area (Å²) < 4.78 is 15.9. The van der Waals surface area contributed by atoms with E-state index < -0.39 is 11.9 Å². The Morgan fingerprint density at radius 3 is 2.41 bits per heavy atom. The summed E-state index contributed by atoms with van der Waals surface area (Å²) in [5, 5.41) is 0. The third-order valence-electron chi connectivity index (χ3n) is 2.66. The highest BCUT2D eigenvalue weighted by Crippen LogP contribution is 2.18. The monoisotopic (exact) mass is 364 g/mol. The molecule has 0 aliphatic carbocycles. The Bertz CT molecular complexity index is 666. The standard InChI is InChI=1S/C16H13BrO5/c1-20-16(19)11-5-7-13(8-6-11)22-15(18)10-21-14-4-2-3-12(17)9-14/h2-9H,10H2,1H3. The van der Waals surface area contributed by atoms with Crippen LogP contribution >= 0.6 is 15.9 Å². The fourth-order valence-electron chi connectivity index (χ4n) is 1.64. The van der Waals surface area contributed by atoms with Crippen molar-refractivity contribution >= 4 is 27.9 Å². The van der Waals surface area contributed by atoms with Crippen molar-refractivity contribution < 1.29 is 23.8 Å². The zero-order valence-corrected chi connectivity index (χ0v) is 13.3. The molecule has 22 heavy (non-hydrogen) atoms. The Hall–Kier alpha value is -2.34. The van der Waals surface area contributed by atoms with Crippen LogP contribution in [0, 0.1) is 0 Å². The fraction of sp³-hybridized carbons (Fsp3) is 0.125. The zero-order valence-electron chi connectivity index (χ0n) is 11.7. The Labute approximate surface area is 135 Å². The van der Waals surface area contributed by atoms with Crippen LogP contribution in [0.25, 0.3) is 0 Å². The largest absolute Gasteiger partial charge is 0.482 e. The summed E-state index contributed by atoms with van der Waals surface area (Å²) in [6.45, 7) is -0.213. The molecule has 0 saturated carbocycles. The van der Waals surface area contributed by atoms with Crippen LogP contribution in [0.1, 0.15) is 10.4 Å². The summed E-state index contributed by atoms with van der Waals surface area (Å²) >= 11 is 3.31. The molecule has 0 atom stereocenters. The van der Waals surface area contributed by atoms with Crippen LogP contribution in [-0.4, -0.2) is 25.7 Å². The highest BCUT2D eigenvalue weighted by molar-refractivity contribution is 9.10. The number of halogens is 1. The molecule has 0 spiro atoms. The number of hydrogen-bond donors (Lipinski definition) is 0. The van der Waals surface area contributed by atoms with Crippen LogP contribution in [0.15, 0.2) is 53.0 Å². The summed E-state index contributed by atoms with van der Waals surface area (Å²) in [6, 6.07) is 13.2. The number of benzene rings is 2. The van der Waals surface area contributed by atoms with Crippen molar-refractivity contribution in [3.63, 3.8) is 0 Å². The quantitative estimate of drug-likeness (QED) is 0.602. The predicted octanol–water partition coefficient (Wildman–Crippen LogP) is 3.22. The van der Waals surface area contributed by atoms with Gasteiger partial charge in [-0.3, -0.25) is 0 Å². The van der Waals surface area contributed by atoms with E-state index in [1.165, 1.54) is 31.4 Å². The summed E-state index contributed by atoms with van der Waals surface area (Å²) in [4.78, 5) is 23.0. The normalized spacial score (nSPS) is 9.91. The van der Waals surface area contributed by atoms with Gasteiger partial charge in [-0.1, -0.05) is 22.0 Å². The number of hydrogen-bond acceptors (Lipinski definition) is 5. The molecule has 0 fully saturated rings. The molecule has 0 saturated heterocycles. The van der Waals surface area contributed by atoms with E-state index in [0.717, 1.165) is 4.47 Å². The van der Waals surface area contributed by atoms with Gasteiger partial charge in [-0.25, -0.2) is 9.59 Å². The minimum Gasteiger partial charge on any atom is -0.482 e. The topological polar surface area (TPSA) is 61.8 Å². The maximum absolute atomic E-state index is 11.7. The van der Waals surface area contributed by atoms with E-state index in [1.807, 2.05) is 6.07 Å². The average molecular weight is 365 g/mol. The van der Waals surface area contributed by atoms with E-state index in [0.29, 0.717) is 17.1 Å². The average Bonchev–Trinajstić information content (AvgIpc) is 2.53. The first-order valence-corrected chi connectivity index (χ1v) is 7.15. The highest BCUT2D eigenvalue weighted by Gasteiger charge is 2.09. The van der Waals surface area contributed by atoms with Gasteiger partial charge in [0.2, 0.25) is 0 Å².